The van der Waals surface area contributed by atoms with E-state index in [-0.39, 0.29) is 30.3 Å². The minimum atomic E-state index is -0.565. The summed E-state index contributed by atoms with van der Waals surface area (Å²) in [6.07, 6.45) is 2.19. The van der Waals surface area contributed by atoms with Gasteiger partial charge in [0.15, 0.2) is 12.6 Å². The number of piperidine rings is 1. The van der Waals surface area contributed by atoms with Crippen molar-refractivity contribution in [1.82, 2.24) is 24.9 Å². The summed E-state index contributed by atoms with van der Waals surface area (Å²) in [6, 6.07) is 8.76. The summed E-state index contributed by atoms with van der Waals surface area (Å²) in [5.74, 6) is 0.129. The van der Waals surface area contributed by atoms with Crippen LogP contribution in [0.1, 0.15) is 39.7 Å². The fourth-order valence-corrected chi connectivity index (χ4v) is 4.08. The minimum Gasteiger partial charge on any atom is -0.467 e. The van der Waals surface area contributed by atoms with E-state index in [9.17, 15) is 4.79 Å². The summed E-state index contributed by atoms with van der Waals surface area (Å²) in [5.41, 5.74) is 7.29. The number of para-hydroxylation sites is 1. The molecule has 2 N–H and O–H groups in total. The molecule has 1 aliphatic rings. The number of nitrogens with zero attached hydrogens (tertiary/aromatic N) is 5. The van der Waals surface area contributed by atoms with Crippen LogP contribution in [0.3, 0.4) is 0 Å². The van der Waals surface area contributed by atoms with Crippen molar-refractivity contribution < 1.29 is 23.4 Å². The summed E-state index contributed by atoms with van der Waals surface area (Å²) in [4.78, 5) is 14.0. The van der Waals surface area contributed by atoms with Crippen molar-refractivity contribution >= 4 is 11.9 Å². The molecule has 36 heavy (non-hydrogen) atoms. The number of likely N-dealkylation sites (tertiary alicyclic amines) is 1. The number of rotatable bonds is 6. The van der Waals surface area contributed by atoms with Crippen LogP contribution in [0.25, 0.3) is 22.4 Å². The van der Waals surface area contributed by atoms with Gasteiger partial charge in [0.1, 0.15) is 11.4 Å². The molecule has 1 saturated heterocycles. The molecule has 0 bridgehead atoms. The number of hydrogen-bond acceptors (Lipinski definition) is 8. The first-order chi connectivity index (χ1) is 17.2. The Labute approximate surface area is 209 Å². The number of nitrogen functional groups attached to an aromatic ring is 1. The van der Waals surface area contributed by atoms with Gasteiger partial charge in [-0.25, -0.2) is 9.48 Å². The topological polar surface area (TPSA) is 118 Å². The maximum absolute atomic E-state index is 15.6. The molecule has 2 aromatic heterocycles. The standard InChI is InChI=1S/C25H31FN6O4/c1-25(2,3)36-24(33)31-11-9-16(10-12-31)32-22(26)19(14-28-32)18-13-20(29-30-23(18)27)17-7-5-6-8-21(17)35-15-34-4/h5-8,13-14,16H,9-12,15H2,1-4H3,(H2,27,30). The van der Waals surface area contributed by atoms with Crippen molar-refractivity contribution in [3.8, 4) is 28.1 Å². The number of amides is 1. The molecule has 1 amide bonds. The molecule has 1 aliphatic heterocycles. The lowest BCUT2D eigenvalue weighted by Crippen LogP contribution is -2.42. The number of aromatic nitrogens is 4. The molecule has 0 radical (unpaired) electrons. The Morgan fingerprint density at radius 3 is 2.56 bits per heavy atom. The van der Waals surface area contributed by atoms with Gasteiger partial charge in [-0.05, 0) is 51.8 Å². The highest BCUT2D eigenvalue weighted by Gasteiger charge is 2.30. The second-order valence-corrected chi connectivity index (χ2v) is 9.57. The van der Waals surface area contributed by atoms with Gasteiger partial charge >= 0.3 is 6.09 Å². The number of carbonyl (C=O) groups is 1. The van der Waals surface area contributed by atoms with Crippen molar-refractivity contribution in [2.75, 3.05) is 32.7 Å². The lowest BCUT2D eigenvalue weighted by atomic mass is 10.0. The molecule has 0 saturated carbocycles. The molecule has 1 fully saturated rings. The molecule has 1 aromatic carbocycles. The van der Waals surface area contributed by atoms with Gasteiger partial charge < -0.3 is 24.8 Å². The number of ether oxygens (including phenoxy) is 3. The van der Waals surface area contributed by atoms with Crippen LogP contribution < -0.4 is 10.5 Å². The number of anilines is 1. The highest BCUT2D eigenvalue weighted by atomic mass is 19.1. The van der Waals surface area contributed by atoms with Gasteiger partial charge in [0.05, 0.1) is 23.5 Å². The normalized spacial score (nSPS) is 14.6. The molecule has 0 spiro atoms. The lowest BCUT2D eigenvalue weighted by molar-refractivity contribution is 0.0181. The van der Waals surface area contributed by atoms with Gasteiger partial charge in [-0.1, -0.05) is 12.1 Å². The maximum atomic E-state index is 15.6. The second kappa shape index (κ2) is 10.5. The van der Waals surface area contributed by atoms with Gasteiger partial charge in [-0.3, -0.25) is 0 Å². The fourth-order valence-electron chi connectivity index (χ4n) is 4.08. The number of benzene rings is 1. The monoisotopic (exact) mass is 498 g/mol. The largest absolute Gasteiger partial charge is 0.467 e. The highest BCUT2D eigenvalue weighted by molar-refractivity contribution is 5.78. The van der Waals surface area contributed by atoms with Crippen LogP contribution in [-0.4, -0.2) is 63.6 Å². The third-order valence-electron chi connectivity index (χ3n) is 5.80. The van der Waals surface area contributed by atoms with Crippen molar-refractivity contribution in [1.29, 1.82) is 0 Å². The highest BCUT2D eigenvalue weighted by Crippen LogP contribution is 2.35. The molecule has 0 unspecified atom stereocenters. The van der Waals surface area contributed by atoms with Gasteiger partial charge in [0, 0.05) is 31.3 Å². The van der Waals surface area contributed by atoms with Crippen molar-refractivity contribution in [2.45, 2.75) is 45.3 Å². The molecule has 192 valence electrons. The van der Waals surface area contributed by atoms with E-state index in [0.717, 1.165) is 0 Å². The van der Waals surface area contributed by atoms with Crippen LogP contribution in [0.4, 0.5) is 15.0 Å². The van der Waals surface area contributed by atoms with E-state index in [1.54, 1.807) is 17.0 Å². The molecule has 4 rings (SSSR count). The molecule has 10 nitrogen and oxygen atoms in total. The summed E-state index contributed by atoms with van der Waals surface area (Å²) in [5, 5.41) is 12.5. The summed E-state index contributed by atoms with van der Waals surface area (Å²) < 4.78 is 33.0. The van der Waals surface area contributed by atoms with Crippen LogP contribution in [0.5, 0.6) is 5.75 Å². The van der Waals surface area contributed by atoms with E-state index in [1.165, 1.54) is 18.0 Å². The first-order valence-electron chi connectivity index (χ1n) is 11.7. The Hall–Kier alpha value is -3.73. The Morgan fingerprint density at radius 2 is 1.86 bits per heavy atom. The average molecular weight is 499 g/mol. The van der Waals surface area contributed by atoms with Gasteiger partial charge in [-0.2, -0.15) is 9.49 Å². The first-order valence-corrected chi connectivity index (χ1v) is 11.7. The molecule has 3 heterocycles. The van der Waals surface area contributed by atoms with Gasteiger partial charge in [-0.15, -0.1) is 10.2 Å². The van der Waals surface area contributed by atoms with Crippen LogP contribution in [0.2, 0.25) is 0 Å². The smallest absolute Gasteiger partial charge is 0.410 e. The quantitative estimate of drug-likeness (QED) is 0.501. The Kier molecular flexibility index (Phi) is 7.39. The van der Waals surface area contributed by atoms with Gasteiger partial charge in [0.25, 0.3) is 0 Å². The molecule has 11 heteroatoms. The Bertz CT molecular complexity index is 1220. The molecular weight excluding hydrogens is 467 g/mol. The summed E-state index contributed by atoms with van der Waals surface area (Å²) in [7, 11) is 1.53. The van der Waals surface area contributed by atoms with Gasteiger partial charge in [0.2, 0.25) is 5.95 Å². The van der Waals surface area contributed by atoms with Crippen LogP contribution >= 0.6 is 0 Å². The van der Waals surface area contributed by atoms with E-state index in [0.29, 0.717) is 48.5 Å². The summed E-state index contributed by atoms with van der Waals surface area (Å²) in [6.45, 7) is 6.46. The third-order valence-corrected chi connectivity index (χ3v) is 5.80. The second-order valence-electron chi connectivity index (χ2n) is 9.57. The van der Waals surface area contributed by atoms with E-state index in [4.69, 9.17) is 19.9 Å². The SMILES string of the molecule is COCOc1ccccc1-c1cc(-c2cnn(C3CCN(C(=O)OC(C)(C)C)CC3)c2F)c(N)nn1. The van der Waals surface area contributed by atoms with Crippen LogP contribution in [0.15, 0.2) is 36.5 Å². The summed E-state index contributed by atoms with van der Waals surface area (Å²) >= 11 is 0. The van der Waals surface area contributed by atoms with E-state index in [2.05, 4.69) is 15.3 Å². The van der Waals surface area contributed by atoms with Crippen LogP contribution in [0, 0.1) is 5.95 Å². The number of methoxy groups -OCH3 is 1. The fraction of sp³-hybridized carbons (Fsp3) is 0.440. The average Bonchev–Trinajstić information content (AvgIpc) is 3.23. The number of hydrogen-bond donors (Lipinski definition) is 1. The van der Waals surface area contributed by atoms with Crippen molar-refractivity contribution in [3.05, 3.63) is 42.5 Å². The minimum absolute atomic E-state index is 0.0699. The van der Waals surface area contributed by atoms with Crippen molar-refractivity contribution in [2.24, 2.45) is 0 Å². The lowest BCUT2D eigenvalue weighted by Gasteiger charge is -2.33. The molecule has 0 atom stereocenters. The zero-order chi connectivity index (χ0) is 25.9. The predicted octanol–water partition coefficient (Wildman–Crippen LogP) is 4.28. The number of carbonyl (C=O) groups excluding carboxylic acids is 1. The Morgan fingerprint density at radius 1 is 1.14 bits per heavy atom. The van der Waals surface area contributed by atoms with E-state index in [1.807, 2.05) is 39.0 Å². The van der Waals surface area contributed by atoms with Crippen LogP contribution in [-0.2, 0) is 9.47 Å². The Balaban J connectivity index is 1.55. The molecule has 3 aromatic rings. The van der Waals surface area contributed by atoms with Crippen molar-refractivity contribution in [3.63, 3.8) is 0 Å². The number of halogens is 1. The molecule has 0 aliphatic carbocycles. The third kappa shape index (κ3) is 5.56. The maximum Gasteiger partial charge on any atom is 0.410 e. The van der Waals surface area contributed by atoms with E-state index < -0.39 is 11.5 Å². The molecular formula is C25H31FN6O4. The zero-order valence-corrected chi connectivity index (χ0v) is 20.9. The zero-order valence-electron chi connectivity index (χ0n) is 20.9. The number of nitrogens with two attached hydrogens (primary N) is 1. The first kappa shape index (κ1) is 25.4. The predicted molar refractivity (Wildman–Crippen MR) is 132 cm³/mol. The van der Waals surface area contributed by atoms with E-state index >= 15 is 4.39 Å².